The molecule has 1 aliphatic carbocycles. The smallest absolute Gasteiger partial charge is 0.419 e. The van der Waals surface area contributed by atoms with E-state index in [2.05, 4.69) is 11.7 Å². The van der Waals surface area contributed by atoms with Crippen molar-refractivity contribution in [3.05, 3.63) is 94.8 Å². The highest BCUT2D eigenvalue weighted by Gasteiger charge is 2.32. The van der Waals surface area contributed by atoms with E-state index in [9.17, 15) is 30.7 Å². The highest BCUT2D eigenvalue weighted by molar-refractivity contribution is 5.67. The van der Waals surface area contributed by atoms with Crippen molar-refractivity contribution in [3.63, 3.8) is 0 Å². The van der Waals surface area contributed by atoms with Crippen LogP contribution in [-0.2, 0) is 4.74 Å². The zero-order valence-electron chi connectivity index (χ0n) is 25.8. The summed E-state index contributed by atoms with van der Waals surface area (Å²) < 4.78 is 108. The molecule has 0 aromatic heterocycles. The summed E-state index contributed by atoms with van der Waals surface area (Å²) in [4.78, 5) is 0. The molecule has 0 bridgehead atoms. The first-order valence-electron chi connectivity index (χ1n) is 16.1. The van der Waals surface area contributed by atoms with Gasteiger partial charge in [0.05, 0.1) is 12.7 Å². The molecule has 2 unspecified atom stereocenters. The highest BCUT2D eigenvalue weighted by atomic mass is 19.3. The third kappa shape index (κ3) is 8.52. The Morgan fingerprint density at radius 1 is 0.761 bits per heavy atom. The van der Waals surface area contributed by atoms with Crippen LogP contribution in [0.3, 0.4) is 0 Å². The molecule has 2 nitrogen and oxygen atoms in total. The molecule has 1 saturated carbocycles. The van der Waals surface area contributed by atoms with Crippen molar-refractivity contribution < 1.29 is 40.2 Å². The Bertz CT molecular complexity index is 1440. The summed E-state index contributed by atoms with van der Waals surface area (Å²) in [6.45, 7) is 2.99. The number of unbranched alkanes of at least 4 members (excludes halogenated alkanes) is 2. The summed E-state index contributed by atoms with van der Waals surface area (Å²) in [6, 6.07) is 9.78. The van der Waals surface area contributed by atoms with Crippen LogP contribution in [0.15, 0.2) is 54.6 Å². The third-order valence-electron chi connectivity index (χ3n) is 9.44. The van der Waals surface area contributed by atoms with E-state index in [1.807, 2.05) is 12.1 Å². The molecule has 3 aromatic carbocycles. The summed E-state index contributed by atoms with van der Waals surface area (Å²) >= 11 is 0. The molecule has 0 spiro atoms. The van der Waals surface area contributed by atoms with E-state index in [1.54, 1.807) is 12.1 Å². The molecule has 5 rings (SSSR count). The monoisotopic (exact) mass is 648 g/mol. The fourth-order valence-electron chi connectivity index (χ4n) is 6.80. The summed E-state index contributed by atoms with van der Waals surface area (Å²) in [6.07, 6.45) is 8.85. The van der Waals surface area contributed by atoms with E-state index < -0.39 is 46.5 Å². The number of halogens is 7. The average Bonchev–Trinajstić information content (AvgIpc) is 3.03. The fraction of sp³-hybridized carbons (Fsp3) is 0.459. The normalized spacial score (nSPS) is 22.3. The van der Waals surface area contributed by atoms with Crippen LogP contribution in [-0.4, -0.2) is 12.7 Å². The van der Waals surface area contributed by atoms with Gasteiger partial charge < -0.3 is 9.47 Å². The topological polar surface area (TPSA) is 18.5 Å². The molecule has 0 N–H and O–H groups in total. The van der Waals surface area contributed by atoms with Gasteiger partial charge in [0.2, 0.25) is 0 Å². The van der Waals surface area contributed by atoms with Crippen molar-refractivity contribution in [2.24, 2.45) is 17.8 Å². The Morgan fingerprint density at radius 2 is 1.39 bits per heavy atom. The van der Waals surface area contributed by atoms with Gasteiger partial charge in [-0.25, -0.2) is 22.0 Å². The second-order valence-corrected chi connectivity index (χ2v) is 12.6. The minimum atomic E-state index is -4.21. The summed E-state index contributed by atoms with van der Waals surface area (Å²) in [5, 5.41) is 0. The Balaban J connectivity index is 1.16. The first-order valence-corrected chi connectivity index (χ1v) is 16.1. The molecule has 2 fully saturated rings. The molecule has 1 heterocycles. The van der Waals surface area contributed by atoms with Crippen molar-refractivity contribution >= 4 is 6.08 Å². The summed E-state index contributed by atoms with van der Waals surface area (Å²) in [7, 11) is 0. The lowest BCUT2D eigenvalue weighted by Crippen LogP contribution is -2.29. The van der Waals surface area contributed by atoms with Crippen LogP contribution in [0.1, 0.15) is 88.4 Å². The number of alkyl halides is 2. The van der Waals surface area contributed by atoms with E-state index in [4.69, 9.17) is 4.74 Å². The van der Waals surface area contributed by atoms with Gasteiger partial charge in [0.15, 0.2) is 17.5 Å². The van der Waals surface area contributed by atoms with E-state index in [1.165, 1.54) is 51.4 Å². The largest absolute Gasteiger partial charge is 0.429 e. The number of hydrogen-bond acceptors (Lipinski definition) is 2. The number of rotatable bonds is 11. The first kappa shape index (κ1) is 34.0. The molecule has 0 amide bonds. The molecule has 1 saturated heterocycles. The van der Waals surface area contributed by atoms with Crippen molar-refractivity contribution in [2.75, 3.05) is 6.61 Å². The second-order valence-electron chi connectivity index (χ2n) is 12.6. The summed E-state index contributed by atoms with van der Waals surface area (Å²) in [5.74, 6) is -6.29. The lowest BCUT2D eigenvalue weighted by Gasteiger charge is -2.38. The minimum Gasteiger partial charge on any atom is -0.429 e. The molecule has 248 valence electrons. The highest BCUT2D eigenvalue weighted by Crippen LogP contribution is 2.42. The van der Waals surface area contributed by atoms with Crippen molar-refractivity contribution in [1.82, 2.24) is 0 Å². The third-order valence-corrected chi connectivity index (χ3v) is 9.44. The molecule has 1 aliphatic heterocycles. The Labute approximate surface area is 265 Å². The van der Waals surface area contributed by atoms with Crippen LogP contribution in [0.2, 0.25) is 0 Å². The van der Waals surface area contributed by atoms with Crippen LogP contribution >= 0.6 is 0 Å². The van der Waals surface area contributed by atoms with Gasteiger partial charge in [-0.2, -0.15) is 8.78 Å². The predicted molar refractivity (Wildman–Crippen MR) is 164 cm³/mol. The van der Waals surface area contributed by atoms with Gasteiger partial charge >= 0.3 is 6.11 Å². The van der Waals surface area contributed by atoms with Crippen LogP contribution in [0.5, 0.6) is 5.75 Å². The number of hydrogen-bond donors (Lipinski definition) is 0. The molecule has 46 heavy (non-hydrogen) atoms. The molecule has 2 atom stereocenters. The van der Waals surface area contributed by atoms with Gasteiger partial charge in [-0.3, -0.25) is 0 Å². The van der Waals surface area contributed by atoms with Crippen LogP contribution in [0.4, 0.5) is 30.7 Å². The van der Waals surface area contributed by atoms with Crippen LogP contribution in [0, 0.1) is 46.8 Å². The molecule has 0 radical (unpaired) electrons. The molecule has 9 heteroatoms. The van der Waals surface area contributed by atoms with E-state index >= 15 is 0 Å². The quantitative estimate of drug-likeness (QED) is 0.117. The maximum absolute atomic E-state index is 14.9. The zero-order valence-corrected chi connectivity index (χ0v) is 25.8. The Morgan fingerprint density at radius 3 is 1.98 bits per heavy atom. The zero-order chi connectivity index (χ0) is 32.8. The summed E-state index contributed by atoms with van der Waals surface area (Å²) in [5.41, 5.74) is 0.991. The van der Waals surface area contributed by atoms with Crippen molar-refractivity contribution in [2.45, 2.75) is 83.3 Å². The van der Waals surface area contributed by atoms with Gasteiger partial charge in [0, 0.05) is 23.8 Å². The van der Waals surface area contributed by atoms with Gasteiger partial charge in [-0.15, -0.1) is 0 Å². The number of ether oxygens (including phenoxy) is 2. The lowest BCUT2D eigenvalue weighted by atomic mass is 9.72. The fourth-order valence-corrected chi connectivity index (χ4v) is 6.80. The van der Waals surface area contributed by atoms with Gasteiger partial charge in [0.1, 0.15) is 17.4 Å². The Hall–Kier alpha value is -3.33. The lowest BCUT2D eigenvalue weighted by molar-refractivity contribution is -0.131. The van der Waals surface area contributed by atoms with Gasteiger partial charge in [-0.05, 0) is 78.3 Å². The SMILES string of the molecule is CCCCCC1CCC(C2CCC(c3ccc(-c4cc(F)c(/C=C/C(F)(F)Oc5cc(F)c(F)c(F)c5)c(F)c4)cc3)OC2)CC1. The number of benzene rings is 3. The van der Waals surface area contributed by atoms with Crippen molar-refractivity contribution in [1.29, 1.82) is 0 Å². The van der Waals surface area contributed by atoms with Crippen LogP contribution in [0.25, 0.3) is 17.2 Å². The van der Waals surface area contributed by atoms with Gasteiger partial charge in [0.25, 0.3) is 0 Å². The van der Waals surface area contributed by atoms with Gasteiger partial charge in [-0.1, -0.05) is 69.7 Å². The second kappa shape index (κ2) is 15.1. The molecule has 2 aliphatic rings. The first-order chi connectivity index (χ1) is 22.0. The standard InChI is InChI=1S/C37H39F7O2/c1-2-3-4-5-23-6-8-24(9-7-23)27-14-15-35(45-22-27)26-12-10-25(11-13-26)28-18-31(38)30(32(39)19-28)16-17-37(43,44)46-29-20-33(40)36(42)34(41)21-29/h10-13,16-21,23-24,27,35H,2-9,14-15,22H2,1H3/b17-16+. The maximum atomic E-state index is 14.9. The minimum absolute atomic E-state index is 0.0382. The van der Waals surface area contributed by atoms with E-state index in [0.717, 1.165) is 49.0 Å². The average molecular weight is 649 g/mol. The predicted octanol–water partition coefficient (Wildman–Crippen LogP) is 11.6. The molecular weight excluding hydrogens is 609 g/mol. The molecular formula is C37H39F7O2. The van der Waals surface area contributed by atoms with E-state index in [0.29, 0.717) is 17.6 Å². The maximum Gasteiger partial charge on any atom is 0.419 e. The van der Waals surface area contributed by atoms with E-state index in [-0.39, 0.29) is 29.9 Å². The molecule has 3 aromatic rings. The Kier molecular flexibility index (Phi) is 11.1. The van der Waals surface area contributed by atoms with Crippen molar-refractivity contribution in [3.8, 4) is 16.9 Å². The van der Waals surface area contributed by atoms with Crippen LogP contribution < -0.4 is 4.74 Å².